The molecule has 0 radical (unpaired) electrons. The number of carboxylic acids is 1. The maximum absolute atomic E-state index is 12.3. The molecule has 26 heavy (non-hydrogen) atoms. The van der Waals surface area contributed by atoms with E-state index in [-0.39, 0.29) is 16.3 Å². The number of nitrogens with one attached hydrogen (secondary N) is 1. The van der Waals surface area contributed by atoms with Gasteiger partial charge in [0.2, 0.25) is 0 Å². The van der Waals surface area contributed by atoms with Gasteiger partial charge in [-0.1, -0.05) is 34.8 Å². The first kappa shape index (κ1) is 18.3. The Hall–Kier alpha value is -2.47. The number of furan rings is 1. The highest BCUT2D eigenvalue weighted by Crippen LogP contribution is 2.32. The number of carbonyl (C=O) groups is 2. The molecule has 2 N–H and O–H groups in total. The van der Waals surface area contributed by atoms with Crippen molar-refractivity contribution in [2.45, 2.75) is 0 Å². The van der Waals surface area contributed by atoms with Gasteiger partial charge >= 0.3 is 5.97 Å². The molecule has 8 heteroatoms. The summed E-state index contributed by atoms with van der Waals surface area (Å²) in [6, 6.07) is 12.1. The Balaban J connectivity index is 1.81. The van der Waals surface area contributed by atoms with Crippen molar-refractivity contribution in [1.29, 1.82) is 0 Å². The molecule has 0 spiro atoms. The normalized spacial score (nSPS) is 10.6. The van der Waals surface area contributed by atoms with Crippen LogP contribution in [-0.2, 0) is 0 Å². The molecule has 1 amide bonds. The second-order valence-electron chi connectivity index (χ2n) is 5.24. The lowest BCUT2D eigenvalue weighted by Gasteiger charge is -2.06. The molecule has 2 aromatic carbocycles. The van der Waals surface area contributed by atoms with Crippen LogP contribution in [0.15, 0.2) is 52.9 Å². The summed E-state index contributed by atoms with van der Waals surface area (Å²) in [5.41, 5.74) is 0.844. The van der Waals surface area contributed by atoms with Crippen LogP contribution in [0.2, 0.25) is 15.1 Å². The highest BCUT2D eigenvalue weighted by atomic mass is 35.5. The molecule has 0 aliphatic rings. The smallest absolute Gasteiger partial charge is 0.337 e. The van der Waals surface area contributed by atoms with Gasteiger partial charge in [-0.2, -0.15) is 0 Å². The van der Waals surface area contributed by atoms with E-state index in [4.69, 9.17) is 44.3 Å². The van der Waals surface area contributed by atoms with Crippen molar-refractivity contribution >= 4 is 52.4 Å². The third kappa shape index (κ3) is 3.85. The predicted molar refractivity (Wildman–Crippen MR) is 101 cm³/mol. The molecule has 1 heterocycles. The van der Waals surface area contributed by atoms with E-state index in [1.165, 1.54) is 24.3 Å². The van der Waals surface area contributed by atoms with Gasteiger partial charge in [0.05, 0.1) is 15.6 Å². The van der Waals surface area contributed by atoms with E-state index in [9.17, 15) is 9.59 Å². The summed E-state index contributed by atoms with van der Waals surface area (Å²) in [4.78, 5) is 23.3. The first-order valence-corrected chi connectivity index (χ1v) is 8.38. The maximum atomic E-state index is 12.3. The second-order valence-corrected chi connectivity index (χ2v) is 6.49. The standard InChI is InChI=1S/C18H10Cl3NO4/c19-9-1-4-13(20)12(7-9)15-5-6-16(26-15)17(23)22-10-2-3-11(18(24)25)14(21)8-10/h1-8H,(H,22,23)(H,24,25). The summed E-state index contributed by atoms with van der Waals surface area (Å²) < 4.78 is 5.55. The quantitative estimate of drug-likeness (QED) is 0.565. The lowest BCUT2D eigenvalue weighted by atomic mass is 10.2. The molecule has 0 saturated carbocycles. The summed E-state index contributed by atoms with van der Waals surface area (Å²) in [6.45, 7) is 0. The van der Waals surface area contributed by atoms with Crippen LogP contribution < -0.4 is 5.32 Å². The zero-order valence-electron chi connectivity index (χ0n) is 12.9. The predicted octanol–water partition coefficient (Wildman–Crippen LogP) is 5.86. The van der Waals surface area contributed by atoms with E-state index in [0.29, 0.717) is 27.1 Å². The molecule has 0 saturated heterocycles. The number of carbonyl (C=O) groups excluding carboxylic acids is 1. The molecular formula is C18H10Cl3NO4. The van der Waals surface area contributed by atoms with Crippen LogP contribution >= 0.6 is 34.8 Å². The lowest BCUT2D eigenvalue weighted by Crippen LogP contribution is -2.11. The average Bonchev–Trinajstić information content (AvgIpc) is 3.06. The summed E-state index contributed by atoms with van der Waals surface area (Å²) in [6.07, 6.45) is 0. The van der Waals surface area contributed by atoms with Gasteiger partial charge < -0.3 is 14.8 Å². The first-order chi connectivity index (χ1) is 12.3. The average molecular weight is 411 g/mol. The van der Waals surface area contributed by atoms with Crippen LogP contribution in [0.25, 0.3) is 11.3 Å². The molecule has 0 aliphatic heterocycles. The molecule has 0 unspecified atom stereocenters. The molecule has 0 bridgehead atoms. The summed E-state index contributed by atoms with van der Waals surface area (Å²) >= 11 is 18.0. The van der Waals surface area contributed by atoms with Crippen LogP contribution in [0.1, 0.15) is 20.9 Å². The third-order valence-electron chi connectivity index (χ3n) is 3.48. The van der Waals surface area contributed by atoms with Crippen LogP contribution in [0.3, 0.4) is 0 Å². The van der Waals surface area contributed by atoms with Crippen LogP contribution in [0.5, 0.6) is 0 Å². The number of anilines is 1. The third-order valence-corrected chi connectivity index (χ3v) is 4.36. The Kier molecular flexibility index (Phi) is 5.23. The Bertz CT molecular complexity index is 1010. The van der Waals surface area contributed by atoms with Crippen molar-refractivity contribution < 1.29 is 19.1 Å². The number of amides is 1. The van der Waals surface area contributed by atoms with Crippen molar-refractivity contribution in [1.82, 2.24) is 0 Å². The number of carboxylic acid groups (broad SMARTS) is 1. The number of benzene rings is 2. The van der Waals surface area contributed by atoms with Crippen molar-refractivity contribution in [3.05, 3.63) is 74.9 Å². The van der Waals surface area contributed by atoms with E-state index in [1.54, 1.807) is 24.3 Å². The fraction of sp³-hybridized carbons (Fsp3) is 0. The zero-order valence-corrected chi connectivity index (χ0v) is 15.2. The van der Waals surface area contributed by atoms with E-state index >= 15 is 0 Å². The second kappa shape index (κ2) is 7.41. The number of aromatic carboxylic acids is 1. The van der Waals surface area contributed by atoms with E-state index in [0.717, 1.165) is 0 Å². The number of halogens is 3. The van der Waals surface area contributed by atoms with Gasteiger partial charge in [-0.15, -0.1) is 0 Å². The van der Waals surface area contributed by atoms with E-state index < -0.39 is 11.9 Å². The molecule has 0 aliphatic carbocycles. The first-order valence-electron chi connectivity index (χ1n) is 7.24. The van der Waals surface area contributed by atoms with Crippen LogP contribution in [-0.4, -0.2) is 17.0 Å². The van der Waals surface area contributed by atoms with Gasteiger partial charge in [-0.05, 0) is 48.5 Å². The minimum atomic E-state index is -1.15. The monoisotopic (exact) mass is 409 g/mol. The Labute approximate surface area is 163 Å². The van der Waals surface area contributed by atoms with Crippen molar-refractivity contribution in [3.63, 3.8) is 0 Å². The molecule has 132 valence electrons. The lowest BCUT2D eigenvalue weighted by molar-refractivity contribution is 0.0697. The largest absolute Gasteiger partial charge is 0.478 e. The summed E-state index contributed by atoms with van der Waals surface area (Å²) in [5, 5.41) is 12.5. The minimum absolute atomic E-state index is 0.0149. The van der Waals surface area contributed by atoms with Gasteiger partial charge in [0, 0.05) is 16.3 Å². The van der Waals surface area contributed by atoms with Crippen LogP contribution in [0.4, 0.5) is 5.69 Å². The molecular weight excluding hydrogens is 401 g/mol. The zero-order chi connectivity index (χ0) is 18.8. The summed E-state index contributed by atoms with van der Waals surface area (Å²) in [5.74, 6) is -1.23. The van der Waals surface area contributed by atoms with Gasteiger partial charge in [-0.3, -0.25) is 4.79 Å². The maximum Gasteiger partial charge on any atom is 0.337 e. The fourth-order valence-electron chi connectivity index (χ4n) is 2.25. The van der Waals surface area contributed by atoms with Gasteiger partial charge in [0.1, 0.15) is 5.76 Å². The number of hydrogen-bond donors (Lipinski definition) is 2. The Morgan fingerprint density at radius 1 is 0.923 bits per heavy atom. The summed E-state index contributed by atoms with van der Waals surface area (Å²) in [7, 11) is 0. The molecule has 5 nitrogen and oxygen atoms in total. The highest BCUT2D eigenvalue weighted by Gasteiger charge is 2.16. The van der Waals surface area contributed by atoms with Gasteiger partial charge in [-0.25, -0.2) is 4.79 Å². The molecule has 1 aromatic heterocycles. The number of hydrogen-bond acceptors (Lipinski definition) is 3. The molecule has 3 rings (SSSR count). The highest BCUT2D eigenvalue weighted by molar-refractivity contribution is 6.35. The SMILES string of the molecule is O=C(Nc1ccc(C(=O)O)c(Cl)c1)c1ccc(-c2cc(Cl)ccc2Cl)o1. The fourth-order valence-corrected chi connectivity index (χ4v) is 2.89. The van der Waals surface area contributed by atoms with Crippen molar-refractivity contribution in [2.24, 2.45) is 0 Å². The molecule has 3 aromatic rings. The van der Waals surface area contributed by atoms with Gasteiger partial charge in [0.15, 0.2) is 5.76 Å². The molecule has 0 fully saturated rings. The Morgan fingerprint density at radius 2 is 1.69 bits per heavy atom. The molecule has 0 atom stereocenters. The van der Waals surface area contributed by atoms with Crippen molar-refractivity contribution in [3.8, 4) is 11.3 Å². The Morgan fingerprint density at radius 3 is 2.38 bits per heavy atom. The van der Waals surface area contributed by atoms with E-state index in [2.05, 4.69) is 5.32 Å². The van der Waals surface area contributed by atoms with Gasteiger partial charge in [0.25, 0.3) is 5.91 Å². The number of rotatable bonds is 4. The van der Waals surface area contributed by atoms with Crippen LogP contribution in [0, 0.1) is 0 Å². The van der Waals surface area contributed by atoms with E-state index in [1.807, 2.05) is 0 Å². The minimum Gasteiger partial charge on any atom is -0.478 e. The van der Waals surface area contributed by atoms with Crippen molar-refractivity contribution in [2.75, 3.05) is 5.32 Å². The topological polar surface area (TPSA) is 79.5 Å².